The van der Waals surface area contributed by atoms with E-state index in [0.29, 0.717) is 0 Å². The molecule has 0 radical (unpaired) electrons. The van der Waals surface area contributed by atoms with Crippen molar-refractivity contribution in [3.63, 3.8) is 0 Å². The van der Waals surface area contributed by atoms with Crippen LogP contribution in [0.1, 0.15) is 126 Å². The van der Waals surface area contributed by atoms with E-state index < -0.39 is 187 Å². The van der Waals surface area contributed by atoms with Crippen molar-refractivity contribution in [1.82, 2.24) is 58.5 Å². The highest BCUT2D eigenvalue weighted by atomic mass is 16.5. The molecule has 0 bridgehead atoms. The average molecular weight is 1280 g/mol. The molecule has 32 heteroatoms. The van der Waals surface area contributed by atoms with E-state index in [1.165, 1.54) is 44.2 Å². The topological polar surface area (TPSA) is 529 Å². The number of esters is 1. The molecule has 506 valence electrons. The summed E-state index contributed by atoms with van der Waals surface area (Å²) in [7, 11) is 0. The zero-order valence-corrected chi connectivity index (χ0v) is 53.0. The Morgan fingerprint density at radius 2 is 1.20 bits per heavy atom. The monoisotopic (exact) mass is 1280 g/mol. The number of hydrogen-bond donors (Lipinski definition) is 19. The maximum absolute atomic E-state index is 15.3. The quantitative estimate of drug-likeness (QED) is 0.0211. The Morgan fingerprint density at radius 3 is 1.73 bits per heavy atom. The molecule has 0 aromatic heterocycles. The van der Waals surface area contributed by atoms with Crippen LogP contribution in [0.25, 0.3) is 0 Å². The van der Waals surface area contributed by atoms with E-state index in [4.69, 9.17) is 27.3 Å². The third-order valence-corrected chi connectivity index (χ3v) is 14.5. The maximum Gasteiger partial charge on any atom is 0.331 e. The summed E-state index contributed by atoms with van der Waals surface area (Å²) in [4.78, 5) is 170. The number of primary amides is 1. The molecule has 2 rings (SSSR count). The van der Waals surface area contributed by atoms with Crippen molar-refractivity contribution in [2.24, 2.45) is 46.8 Å². The van der Waals surface area contributed by atoms with Gasteiger partial charge in [-0.25, -0.2) is 4.79 Å². The van der Waals surface area contributed by atoms with Crippen LogP contribution < -0.4 is 75.7 Å². The smallest absolute Gasteiger partial charge is 0.331 e. The molecule has 1 heterocycles. The molecule has 4 unspecified atom stereocenters. The number of cyclic esters (lactones) is 1. The lowest BCUT2D eigenvalue weighted by Crippen LogP contribution is -2.64. The fraction of sp³-hybridized carbons (Fsp3) is 0.672. The van der Waals surface area contributed by atoms with Gasteiger partial charge < -0.3 is 101 Å². The van der Waals surface area contributed by atoms with Crippen LogP contribution in [-0.2, 0) is 62.3 Å². The largest absolute Gasteiger partial charge is 0.453 e. The number of aliphatic hydroxyl groups is 4. The van der Waals surface area contributed by atoms with Crippen molar-refractivity contribution < 1.29 is 82.7 Å². The van der Waals surface area contributed by atoms with Gasteiger partial charge in [0.25, 0.3) is 0 Å². The summed E-state index contributed by atoms with van der Waals surface area (Å²) in [6, 6.07) is -10.7. The van der Waals surface area contributed by atoms with E-state index in [-0.39, 0.29) is 68.4 Å². The lowest BCUT2D eigenvalue weighted by molar-refractivity contribution is -0.159. The van der Waals surface area contributed by atoms with Crippen molar-refractivity contribution in [2.75, 3.05) is 19.7 Å². The minimum atomic E-state index is -2.57. The average Bonchev–Trinajstić information content (AvgIpc) is 1.47. The van der Waals surface area contributed by atoms with Crippen molar-refractivity contribution in [3.05, 3.63) is 35.9 Å². The van der Waals surface area contributed by atoms with Gasteiger partial charge in [-0.1, -0.05) is 106 Å². The van der Waals surface area contributed by atoms with E-state index in [2.05, 4.69) is 47.9 Å². The number of carbonyl (C=O) groups is 12. The number of aliphatic hydroxyl groups excluding tert-OH is 4. The molecule has 15 atom stereocenters. The van der Waals surface area contributed by atoms with Gasteiger partial charge in [0.15, 0.2) is 24.2 Å². The molecular formula is C58H97N15O17. The lowest BCUT2D eigenvalue weighted by atomic mass is 9.95. The highest BCUT2D eigenvalue weighted by molar-refractivity contribution is 6.00. The number of carbonyl (C=O) groups excluding carboxylic acids is 12. The van der Waals surface area contributed by atoms with E-state index in [9.17, 15) is 73.2 Å². The first-order valence-corrected chi connectivity index (χ1v) is 30.1. The lowest BCUT2D eigenvalue weighted by Gasteiger charge is -2.34. The standard InChI is InChI=1S/C58H97N15O17/c1-12-30(10)39-53(85)71-40(31(11)75)52(84)64-24-38(76)69-42(45(78)47(60)79)55(87)68-37(25-74)57(89)90-46(32-17-14-13-15-18-32)43(73-51(83)36(23-28(6)7)66-48(80)33(59)21-26(2)3)56(88)72-41(44(77)29(8)9)54(86)67-35(22-27(4)5)50(82)65-34(49(81)70-39)19-16-20-63-58(61)62/h13-15,17-18,26-31,33-37,39-46,74-75,77-78H,12,16,19-25,59H2,1-11H3,(H2,60,79)(H,64,84)(H,65,82)(H,66,80)(H,67,86)(H,68,87)(H,69,76)(H,70,81)(H,71,85)(H,72,88)(H,73,83)(H4,61,62,63)/t30-,31-,33+,34+,35-,36-,37-,39?,40?,41?,42?,43-,44+,45-,46+/m0/s1. The number of amides is 11. The molecular weight excluding hydrogens is 1180 g/mol. The highest BCUT2D eigenvalue weighted by Gasteiger charge is 2.44. The Bertz CT molecular complexity index is 2630. The summed E-state index contributed by atoms with van der Waals surface area (Å²) in [5, 5.41) is 78.2. The Kier molecular flexibility index (Phi) is 32.8. The molecule has 1 aliphatic rings. The Morgan fingerprint density at radius 1 is 0.656 bits per heavy atom. The van der Waals surface area contributed by atoms with Gasteiger partial charge in [-0.2, -0.15) is 0 Å². The number of benzene rings is 1. The second-order valence-electron chi connectivity index (χ2n) is 24.1. The van der Waals surface area contributed by atoms with Crippen molar-refractivity contribution >= 4 is 76.9 Å². The fourth-order valence-corrected chi connectivity index (χ4v) is 9.28. The van der Waals surface area contributed by atoms with Gasteiger partial charge in [0.1, 0.15) is 48.3 Å². The number of nitrogens with two attached hydrogens (primary N) is 3. The number of ether oxygens (including phenoxy) is 1. The molecule has 11 amide bonds. The third kappa shape index (κ3) is 25.4. The van der Waals surface area contributed by atoms with Gasteiger partial charge in [0, 0.05) is 6.54 Å². The second-order valence-corrected chi connectivity index (χ2v) is 24.1. The van der Waals surface area contributed by atoms with E-state index >= 15 is 4.79 Å². The zero-order chi connectivity index (χ0) is 68.4. The van der Waals surface area contributed by atoms with Crippen molar-refractivity contribution in [3.8, 4) is 0 Å². The van der Waals surface area contributed by atoms with Crippen LogP contribution in [0.15, 0.2) is 30.3 Å². The zero-order valence-electron chi connectivity index (χ0n) is 53.0. The molecule has 0 aliphatic carbocycles. The molecule has 0 spiro atoms. The molecule has 1 fully saturated rings. The van der Waals surface area contributed by atoms with Crippen LogP contribution in [0.4, 0.5) is 0 Å². The van der Waals surface area contributed by atoms with Crippen molar-refractivity contribution in [1.29, 1.82) is 5.41 Å². The van der Waals surface area contributed by atoms with E-state index in [1.807, 2.05) is 24.5 Å². The summed E-state index contributed by atoms with van der Waals surface area (Å²) >= 11 is 0. The molecule has 1 aromatic rings. The van der Waals surface area contributed by atoms with Gasteiger partial charge in [-0.3, -0.25) is 58.1 Å². The highest BCUT2D eigenvalue weighted by Crippen LogP contribution is 2.25. The number of nitrogens with one attached hydrogen (secondary N) is 12. The van der Waals surface area contributed by atoms with Crippen LogP contribution in [0.5, 0.6) is 0 Å². The summed E-state index contributed by atoms with van der Waals surface area (Å²) in [5.74, 6) is -17.3. The minimum Gasteiger partial charge on any atom is -0.453 e. The van der Waals surface area contributed by atoms with Crippen LogP contribution in [-0.4, -0.2) is 196 Å². The predicted molar refractivity (Wildman–Crippen MR) is 325 cm³/mol. The Hall–Kier alpha value is -8.07. The van der Waals surface area contributed by atoms with Crippen LogP contribution >= 0.6 is 0 Å². The van der Waals surface area contributed by atoms with Gasteiger partial charge in [-0.05, 0) is 74.2 Å². The summed E-state index contributed by atoms with van der Waals surface area (Å²) in [6.07, 6.45) is -8.03. The third-order valence-electron chi connectivity index (χ3n) is 14.5. The van der Waals surface area contributed by atoms with Crippen LogP contribution in [0.2, 0.25) is 0 Å². The first kappa shape index (κ1) is 78.0. The predicted octanol–water partition coefficient (Wildman–Crippen LogP) is -5.22. The molecule has 90 heavy (non-hydrogen) atoms. The van der Waals surface area contributed by atoms with Gasteiger partial charge >= 0.3 is 5.97 Å². The summed E-state index contributed by atoms with van der Waals surface area (Å²) in [5.41, 5.74) is 17.0. The SMILES string of the molecule is CC[C@H](C)C1NC(=O)[C@@H](CCCNC(=N)N)NC(=O)[C@H](CC(C)C)NC(=O)C([C@H](O)C(C)C)NC(=O)[C@@H](NC(=O)[C@H](CC(C)C)NC(=O)[C@H](N)CC(C)C)[C@@H](c2ccccc2)OC(=O)[C@H](CO)NC(=O)C([C@H](O)C(N)=O)NC(=O)CNC(=O)C([C@H](C)O)NC1=O. The molecule has 1 saturated heterocycles. The molecule has 1 aliphatic heterocycles. The van der Waals surface area contributed by atoms with Gasteiger partial charge in [0.2, 0.25) is 65.0 Å². The van der Waals surface area contributed by atoms with E-state index in [1.54, 1.807) is 41.5 Å². The number of rotatable bonds is 23. The summed E-state index contributed by atoms with van der Waals surface area (Å²) in [6.45, 7) is 15.4. The maximum atomic E-state index is 15.3. The van der Waals surface area contributed by atoms with Gasteiger partial charge in [0.05, 0.1) is 31.4 Å². The number of guanidine groups is 1. The van der Waals surface area contributed by atoms with E-state index in [0.717, 1.165) is 6.92 Å². The Labute approximate surface area is 523 Å². The Balaban J connectivity index is 3.13. The molecule has 0 saturated carbocycles. The fourth-order valence-electron chi connectivity index (χ4n) is 9.28. The minimum absolute atomic E-state index is 0.0148. The van der Waals surface area contributed by atoms with Crippen molar-refractivity contribution in [2.45, 2.75) is 200 Å². The first-order chi connectivity index (χ1) is 42.0. The van der Waals surface area contributed by atoms with Crippen LogP contribution in [0, 0.1) is 35.0 Å². The first-order valence-electron chi connectivity index (χ1n) is 30.1. The summed E-state index contributed by atoms with van der Waals surface area (Å²) < 4.78 is 5.92. The second kappa shape index (κ2) is 37.8. The molecule has 22 N–H and O–H groups in total. The molecule has 32 nitrogen and oxygen atoms in total. The van der Waals surface area contributed by atoms with Gasteiger partial charge in [-0.15, -0.1) is 0 Å². The molecule has 1 aromatic carbocycles. The van der Waals surface area contributed by atoms with Crippen LogP contribution in [0.3, 0.4) is 0 Å². The normalized spacial score (nSPS) is 24.7. The number of hydrogen-bond acceptors (Lipinski definition) is 19.